The number of hydrogen-bond acceptors (Lipinski definition) is 6. The SMILES string of the molecule is C=CC(=O)OC1C=CC(c2cc(OC(=O)C3CC3C)c(-c3ccc(OC(=O)C(=C)C)cc3)cc2F)=CC1. The van der Waals surface area contributed by atoms with E-state index in [1.165, 1.54) is 12.1 Å². The van der Waals surface area contributed by atoms with Crippen LogP contribution in [0.1, 0.15) is 32.3 Å². The van der Waals surface area contributed by atoms with Gasteiger partial charge in [-0.05, 0) is 60.7 Å². The van der Waals surface area contributed by atoms with E-state index in [4.69, 9.17) is 14.2 Å². The molecule has 6 nitrogen and oxygen atoms in total. The highest BCUT2D eigenvalue weighted by atomic mass is 19.1. The lowest BCUT2D eigenvalue weighted by molar-refractivity contribution is -0.140. The maximum atomic E-state index is 15.4. The Hall–Kier alpha value is -4.26. The number of esters is 3. The Morgan fingerprint density at radius 1 is 1.08 bits per heavy atom. The van der Waals surface area contributed by atoms with Gasteiger partial charge in [-0.25, -0.2) is 14.0 Å². The molecule has 2 aliphatic carbocycles. The summed E-state index contributed by atoms with van der Waals surface area (Å²) in [5, 5.41) is 0. The summed E-state index contributed by atoms with van der Waals surface area (Å²) in [5.74, 6) is -1.35. The van der Waals surface area contributed by atoms with Gasteiger partial charge in [-0.15, -0.1) is 0 Å². The molecular formula is C30H27FO6. The molecule has 0 amide bonds. The number of halogens is 1. The Morgan fingerprint density at radius 2 is 1.78 bits per heavy atom. The third kappa shape index (κ3) is 6.12. The van der Waals surface area contributed by atoms with Crippen LogP contribution in [0.4, 0.5) is 4.39 Å². The van der Waals surface area contributed by atoms with Crippen LogP contribution in [0.25, 0.3) is 16.7 Å². The number of hydrogen-bond donors (Lipinski definition) is 0. The highest BCUT2D eigenvalue weighted by Crippen LogP contribution is 2.41. The van der Waals surface area contributed by atoms with Crippen LogP contribution in [0, 0.1) is 17.7 Å². The van der Waals surface area contributed by atoms with Gasteiger partial charge in [0.25, 0.3) is 0 Å². The van der Waals surface area contributed by atoms with Crippen molar-refractivity contribution in [3.63, 3.8) is 0 Å². The van der Waals surface area contributed by atoms with Gasteiger partial charge in [-0.3, -0.25) is 4.79 Å². The molecule has 0 bridgehead atoms. The zero-order valence-electron chi connectivity index (χ0n) is 20.7. The zero-order valence-corrected chi connectivity index (χ0v) is 20.7. The fraction of sp³-hybridized carbons (Fsp3) is 0.233. The molecule has 3 atom stereocenters. The van der Waals surface area contributed by atoms with E-state index in [-0.39, 0.29) is 34.7 Å². The maximum absolute atomic E-state index is 15.4. The predicted octanol–water partition coefficient (Wildman–Crippen LogP) is 5.98. The lowest BCUT2D eigenvalue weighted by Gasteiger charge is -2.18. The number of ether oxygens (including phenoxy) is 3. The molecular weight excluding hydrogens is 475 g/mol. The van der Waals surface area contributed by atoms with Gasteiger partial charge in [0.2, 0.25) is 0 Å². The molecule has 1 fully saturated rings. The molecule has 2 aromatic carbocycles. The summed E-state index contributed by atoms with van der Waals surface area (Å²) >= 11 is 0. The van der Waals surface area contributed by atoms with Crippen LogP contribution in [0.5, 0.6) is 11.5 Å². The molecule has 2 aromatic rings. The van der Waals surface area contributed by atoms with E-state index in [9.17, 15) is 14.4 Å². The molecule has 0 aromatic heterocycles. The van der Waals surface area contributed by atoms with Crippen molar-refractivity contribution in [1.82, 2.24) is 0 Å². The Balaban J connectivity index is 1.64. The first-order valence-corrected chi connectivity index (χ1v) is 11.9. The number of benzene rings is 2. The largest absolute Gasteiger partial charge is 0.455 e. The molecule has 190 valence electrons. The second kappa shape index (κ2) is 10.8. The summed E-state index contributed by atoms with van der Waals surface area (Å²) in [6.07, 6.45) is 6.84. The van der Waals surface area contributed by atoms with Crippen molar-refractivity contribution in [3.05, 3.63) is 90.8 Å². The third-order valence-corrected chi connectivity index (χ3v) is 6.22. The molecule has 1 saturated carbocycles. The van der Waals surface area contributed by atoms with Crippen molar-refractivity contribution in [2.75, 3.05) is 0 Å². The Morgan fingerprint density at radius 3 is 2.35 bits per heavy atom. The van der Waals surface area contributed by atoms with Gasteiger partial charge in [0.15, 0.2) is 0 Å². The van der Waals surface area contributed by atoms with E-state index in [0.29, 0.717) is 28.9 Å². The molecule has 3 unspecified atom stereocenters. The molecule has 2 aliphatic rings. The minimum Gasteiger partial charge on any atom is -0.455 e. The highest BCUT2D eigenvalue weighted by Gasteiger charge is 2.41. The number of carbonyl (C=O) groups excluding carboxylic acids is 3. The minimum absolute atomic E-state index is 0.181. The van der Waals surface area contributed by atoms with Crippen molar-refractivity contribution < 1.29 is 33.0 Å². The van der Waals surface area contributed by atoms with Gasteiger partial charge < -0.3 is 14.2 Å². The lowest BCUT2D eigenvalue weighted by Crippen LogP contribution is -2.15. The minimum atomic E-state index is -0.549. The number of rotatable bonds is 8. The maximum Gasteiger partial charge on any atom is 0.338 e. The quantitative estimate of drug-likeness (QED) is 0.251. The average Bonchev–Trinajstić information content (AvgIpc) is 3.62. The van der Waals surface area contributed by atoms with E-state index in [1.54, 1.807) is 49.4 Å². The fourth-order valence-corrected chi connectivity index (χ4v) is 3.90. The molecule has 0 N–H and O–H groups in total. The van der Waals surface area contributed by atoms with Gasteiger partial charge in [0, 0.05) is 29.2 Å². The number of allylic oxidation sites excluding steroid dienone is 2. The Bertz CT molecular complexity index is 1330. The second-order valence-corrected chi connectivity index (χ2v) is 9.20. The molecule has 0 heterocycles. The van der Waals surface area contributed by atoms with Crippen LogP contribution < -0.4 is 9.47 Å². The molecule has 0 aliphatic heterocycles. The van der Waals surface area contributed by atoms with Crippen molar-refractivity contribution in [2.45, 2.75) is 32.8 Å². The standard InChI is InChI=1S/C30H27FO6/c1-5-28(32)35-21-10-6-19(7-11-21)24-16-27(37-30(34)23-14-18(23)4)25(15-26(24)31)20-8-12-22(13-9-20)36-29(33)17(2)3/h5-10,12-13,15-16,18,21,23H,1-2,11,14H2,3-4H3. The molecule has 0 saturated heterocycles. The van der Waals surface area contributed by atoms with E-state index in [1.807, 2.05) is 6.92 Å². The topological polar surface area (TPSA) is 78.9 Å². The van der Waals surface area contributed by atoms with Crippen molar-refractivity contribution >= 4 is 23.5 Å². The summed E-state index contributed by atoms with van der Waals surface area (Å²) in [6.45, 7) is 10.5. The first-order chi connectivity index (χ1) is 17.7. The normalized spacial score (nSPS) is 19.9. The molecule has 0 radical (unpaired) electrons. The first-order valence-electron chi connectivity index (χ1n) is 11.9. The van der Waals surface area contributed by atoms with Crippen LogP contribution in [0.3, 0.4) is 0 Å². The summed E-state index contributed by atoms with van der Waals surface area (Å²) in [5.41, 5.74) is 2.07. The van der Waals surface area contributed by atoms with Crippen LogP contribution in [-0.2, 0) is 19.1 Å². The van der Waals surface area contributed by atoms with Gasteiger partial charge in [-0.1, -0.05) is 44.4 Å². The molecule has 7 heteroatoms. The van der Waals surface area contributed by atoms with E-state index >= 15 is 4.39 Å². The molecule has 4 rings (SSSR count). The van der Waals surface area contributed by atoms with Crippen molar-refractivity contribution in [2.24, 2.45) is 11.8 Å². The third-order valence-electron chi connectivity index (χ3n) is 6.22. The van der Waals surface area contributed by atoms with Crippen molar-refractivity contribution in [1.29, 1.82) is 0 Å². The zero-order chi connectivity index (χ0) is 26.7. The van der Waals surface area contributed by atoms with Gasteiger partial charge >= 0.3 is 17.9 Å². The summed E-state index contributed by atoms with van der Waals surface area (Å²) < 4.78 is 31.6. The summed E-state index contributed by atoms with van der Waals surface area (Å²) in [6, 6.07) is 9.30. The second-order valence-electron chi connectivity index (χ2n) is 9.20. The van der Waals surface area contributed by atoms with E-state index < -0.39 is 23.9 Å². The van der Waals surface area contributed by atoms with Crippen LogP contribution in [-0.4, -0.2) is 24.0 Å². The summed E-state index contributed by atoms with van der Waals surface area (Å²) in [4.78, 5) is 35.9. The number of carbonyl (C=O) groups is 3. The van der Waals surface area contributed by atoms with Crippen LogP contribution >= 0.6 is 0 Å². The average molecular weight is 503 g/mol. The predicted molar refractivity (Wildman–Crippen MR) is 137 cm³/mol. The monoisotopic (exact) mass is 502 g/mol. The summed E-state index contributed by atoms with van der Waals surface area (Å²) in [7, 11) is 0. The fourth-order valence-electron chi connectivity index (χ4n) is 3.90. The van der Waals surface area contributed by atoms with Gasteiger partial charge in [0.1, 0.15) is 23.4 Å². The van der Waals surface area contributed by atoms with E-state index in [0.717, 1.165) is 12.5 Å². The van der Waals surface area contributed by atoms with Crippen LogP contribution in [0.2, 0.25) is 0 Å². The highest BCUT2D eigenvalue weighted by molar-refractivity contribution is 5.89. The molecule has 0 spiro atoms. The van der Waals surface area contributed by atoms with Gasteiger partial charge in [0.05, 0.1) is 5.92 Å². The Labute approximate surface area is 214 Å². The first kappa shape index (κ1) is 25.8. The van der Waals surface area contributed by atoms with Crippen molar-refractivity contribution in [3.8, 4) is 22.6 Å². The van der Waals surface area contributed by atoms with Crippen LogP contribution in [0.15, 0.2) is 79.4 Å². The van der Waals surface area contributed by atoms with Gasteiger partial charge in [-0.2, -0.15) is 0 Å². The van der Waals surface area contributed by atoms with E-state index in [2.05, 4.69) is 13.2 Å². The smallest absolute Gasteiger partial charge is 0.338 e. The Kier molecular flexibility index (Phi) is 7.53. The molecule has 37 heavy (non-hydrogen) atoms. The lowest BCUT2D eigenvalue weighted by atomic mass is 9.94.